The fraction of sp³-hybridized carbons (Fsp3) is 0.579. The van der Waals surface area contributed by atoms with E-state index in [2.05, 4.69) is 35.4 Å². The average Bonchev–Trinajstić information content (AvgIpc) is 3.21. The van der Waals surface area contributed by atoms with Gasteiger partial charge in [0.2, 0.25) is 0 Å². The maximum atomic E-state index is 6.02. The number of benzene rings is 1. The zero-order valence-electron chi connectivity index (χ0n) is 13.2. The SMILES string of the molecule is Cc1ccc2[nH]c3c(c2c1)CCC[C@@H]3N[C@@H]1C[C@H]2CC[C@H]1O2. The molecular weight excluding hydrogens is 272 g/mol. The van der Waals surface area contributed by atoms with Gasteiger partial charge in [0, 0.05) is 28.7 Å². The van der Waals surface area contributed by atoms with E-state index in [0.29, 0.717) is 24.3 Å². The number of hydrogen-bond acceptors (Lipinski definition) is 2. The standard InChI is InChI=1S/C19H24N2O/c1-11-5-7-15-14(9-11)13-3-2-4-16(19(13)21-15)20-17-10-12-6-8-18(17)22-12/h5,7,9,12,16-18,20-21H,2-4,6,8,10H2,1H3/t12-,16+,17-,18-/m1/s1. The zero-order chi connectivity index (χ0) is 14.7. The number of fused-ring (bicyclic) bond motifs is 5. The predicted molar refractivity (Wildman–Crippen MR) is 88.2 cm³/mol. The van der Waals surface area contributed by atoms with Crippen LogP contribution in [0.25, 0.3) is 10.9 Å². The molecule has 0 radical (unpaired) electrons. The first-order valence-electron chi connectivity index (χ1n) is 8.80. The topological polar surface area (TPSA) is 37.0 Å². The maximum Gasteiger partial charge on any atom is 0.0733 e. The zero-order valence-corrected chi connectivity index (χ0v) is 13.2. The Morgan fingerprint density at radius 3 is 3.00 bits per heavy atom. The van der Waals surface area contributed by atoms with E-state index in [1.54, 1.807) is 5.56 Å². The molecule has 116 valence electrons. The lowest BCUT2D eigenvalue weighted by Crippen LogP contribution is -2.40. The summed E-state index contributed by atoms with van der Waals surface area (Å²) < 4.78 is 6.02. The van der Waals surface area contributed by atoms with Gasteiger partial charge in [-0.25, -0.2) is 0 Å². The maximum absolute atomic E-state index is 6.02. The summed E-state index contributed by atoms with van der Waals surface area (Å²) in [5.74, 6) is 0. The minimum Gasteiger partial charge on any atom is -0.373 e. The van der Waals surface area contributed by atoms with Gasteiger partial charge in [0.25, 0.3) is 0 Å². The van der Waals surface area contributed by atoms with E-state index in [1.807, 2.05) is 0 Å². The van der Waals surface area contributed by atoms with Crippen molar-refractivity contribution < 1.29 is 4.74 Å². The first kappa shape index (κ1) is 13.1. The van der Waals surface area contributed by atoms with Crippen molar-refractivity contribution in [2.75, 3.05) is 0 Å². The van der Waals surface area contributed by atoms with Gasteiger partial charge in [0.1, 0.15) is 0 Å². The monoisotopic (exact) mass is 296 g/mol. The van der Waals surface area contributed by atoms with Crippen LogP contribution in [0.2, 0.25) is 0 Å². The molecule has 0 amide bonds. The van der Waals surface area contributed by atoms with Crippen LogP contribution in [-0.2, 0) is 11.2 Å². The number of H-pyrrole nitrogens is 1. The van der Waals surface area contributed by atoms with Crippen LogP contribution in [0.3, 0.4) is 0 Å². The third-order valence-electron chi connectivity index (χ3n) is 5.88. The minimum atomic E-state index is 0.460. The lowest BCUT2D eigenvalue weighted by molar-refractivity contribution is 0.0955. The van der Waals surface area contributed by atoms with Crippen LogP contribution in [0.5, 0.6) is 0 Å². The molecule has 3 heterocycles. The van der Waals surface area contributed by atoms with Gasteiger partial charge < -0.3 is 15.0 Å². The third kappa shape index (κ3) is 1.95. The van der Waals surface area contributed by atoms with E-state index < -0.39 is 0 Å². The summed E-state index contributed by atoms with van der Waals surface area (Å²) in [5, 5.41) is 5.36. The summed E-state index contributed by atoms with van der Waals surface area (Å²) in [7, 11) is 0. The molecule has 2 N–H and O–H groups in total. The van der Waals surface area contributed by atoms with Crippen molar-refractivity contribution in [1.82, 2.24) is 10.3 Å². The molecule has 5 rings (SSSR count). The van der Waals surface area contributed by atoms with Gasteiger partial charge in [-0.1, -0.05) is 11.6 Å². The lowest BCUT2D eigenvalue weighted by atomic mass is 9.89. The number of rotatable bonds is 2. The van der Waals surface area contributed by atoms with Crippen LogP contribution < -0.4 is 5.32 Å². The highest BCUT2D eigenvalue weighted by Crippen LogP contribution is 2.39. The van der Waals surface area contributed by atoms with Crippen LogP contribution in [-0.4, -0.2) is 23.2 Å². The van der Waals surface area contributed by atoms with Gasteiger partial charge in [0.15, 0.2) is 0 Å². The van der Waals surface area contributed by atoms with Crippen LogP contribution >= 0.6 is 0 Å². The molecule has 1 aromatic carbocycles. The van der Waals surface area contributed by atoms with Crippen LogP contribution in [0.15, 0.2) is 18.2 Å². The van der Waals surface area contributed by atoms with Crippen LogP contribution in [0, 0.1) is 6.92 Å². The second-order valence-electron chi connectivity index (χ2n) is 7.39. The summed E-state index contributed by atoms with van der Waals surface area (Å²) in [5.41, 5.74) is 5.64. The molecule has 2 bridgehead atoms. The van der Waals surface area contributed by atoms with E-state index >= 15 is 0 Å². The molecule has 4 atom stereocenters. The molecule has 2 aromatic rings. The third-order valence-corrected chi connectivity index (χ3v) is 5.88. The number of aromatic nitrogens is 1. The summed E-state index contributed by atoms with van der Waals surface area (Å²) in [6.45, 7) is 2.18. The second-order valence-corrected chi connectivity index (χ2v) is 7.39. The Morgan fingerprint density at radius 2 is 2.18 bits per heavy atom. The molecule has 0 unspecified atom stereocenters. The molecule has 1 aliphatic carbocycles. The highest BCUT2D eigenvalue weighted by Gasteiger charge is 2.42. The van der Waals surface area contributed by atoms with Crippen molar-refractivity contribution in [3.8, 4) is 0 Å². The molecule has 1 aromatic heterocycles. The van der Waals surface area contributed by atoms with Crippen molar-refractivity contribution in [3.63, 3.8) is 0 Å². The van der Waals surface area contributed by atoms with Gasteiger partial charge in [-0.05, 0) is 63.1 Å². The molecular formula is C19H24N2O. The van der Waals surface area contributed by atoms with Crippen molar-refractivity contribution in [1.29, 1.82) is 0 Å². The average molecular weight is 296 g/mol. The molecule has 2 saturated heterocycles. The van der Waals surface area contributed by atoms with E-state index in [1.165, 1.54) is 60.7 Å². The molecule has 3 heteroatoms. The summed E-state index contributed by atoms with van der Waals surface area (Å²) in [6, 6.07) is 7.82. The number of nitrogens with one attached hydrogen (secondary N) is 2. The van der Waals surface area contributed by atoms with Crippen molar-refractivity contribution >= 4 is 10.9 Å². The Morgan fingerprint density at radius 1 is 1.23 bits per heavy atom. The smallest absolute Gasteiger partial charge is 0.0733 e. The summed E-state index contributed by atoms with van der Waals surface area (Å²) in [4.78, 5) is 3.71. The van der Waals surface area contributed by atoms with Gasteiger partial charge >= 0.3 is 0 Å². The fourth-order valence-electron chi connectivity index (χ4n) is 4.81. The molecule has 3 nitrogen and oxygen atoms in total. The fourth-order valence-corrected chi connectivity index (χ4v) is 4.81. The second kappa shape index (κ2) is 4.84. The lowest BCUT2D eigenvalue weighted by Gasteiger charge is -2.29. The molecule has 0 saturated carbocycles. The normalized spacial score (nSPS) is 33.5. The van der Waals surface area contributed by atoms with Gasteiger partial charge in [-0.15, -0.1) is 0 Å². The first-order valence-corrected chi connectivity index (χ1v) is 8.80. The highest BCUT2D eigenvalue weighted by molar-refractivity contribution is 5.85. The van der Waals surface area contributed by atoms with Gasteiger partial charge in [-0.2, -0.15) is 0 Å². The van der Waals surface area contributed by atoms with Crippen LogP contribution in [0.1, 0.15) is 55.0 Å². The number of ether oxygens (including phenoxy) is 1. The van der Waals surface area contributed by atoms with E-state index in [9.17, 15) is 0 Å². The predicted octanol–water partition coefficient (Wildman–Crippen LogP) is 3.76. The Hall–Kier alpha value is -1.32. The quantitative estimate of drug-likeness (QED) is 0.885. The molecule has 2 fully saturated rings. The first-order chi connectivity index (χ1) is 10.8. The number of aryl methyl sites for hydroxylation is 2. The Bertz CT molecular complexity index is 720. The number of aromatic amines is 1. The van der Waals surface area contributed by atoms with E-state index in [0.717, 1.165) is 0 Å². The van der Waals surface area contributed by atoms with Crippen molar-refractivity contribution in [2.24, 2.45) is 0 Å². The van der Waals surface area contributed by atoms with E-state index in [4.69, 9.17) is 4.74 Å². The van der Waals surface area contributed by atoms with Gasteiger partial charge in [0.05, 0.1) is 12.2 Å². The molecule has 2 aliphatic heterocycles. The van der Waals surface area contributed by atoms with Crippen molar-refractivity contribution in [3.05, 3.63) is 35.0 Å². The summed E-state index contributed by atoms with van der Waals surface area (Å²) >= 11 is 0. The van der Waals surface area contributed by atoms with Crippen molar-refractivity contribution in [2.45, 2.75) is 69.7 Å². The van der Waals surface area contributed by atoms with Gasteiger partial charge in [-0.3, -0.25) is 0 Å². The van der Waals surface area contributed by atoms with Crippen LogP contribution in [0.4, 0.5) is 0 Å². The molecule has 0 spiro atoms. The summed E-state index contributed by atoms with van der Waals surface area (Å²) in [6.07, 6.45) is 8.44. The largest absolute Gasteiger partial charge is 0.373 e. The number of hydrogen-bond donors (Lipinski definition) is 2. The minimum absolute atomic E-state index is 0.460. The highest BCUT2D eigenvalue weighted by atomic mass is 16.5. The molecule has 22 heavy (non-hydrogen) atoms. The molecule has 3 aliphatic rings. The Kier molecular flexibility index (Phi) is 2.89. The Balaban J connectivity index is 1.48. The Labute approximate surface area is 131 Å². The van der Waals surface area contributed by atoms with E-state index in [-0.39, 0.29) is 0 Å².